The van der Waals surface area contributed by atoms with Gasteiger partial charge in [-0.25, -0.2) is 0 Å². The van der Waals surface area contributed by atoms with Gasteiger partial charge in [0.05, 0.1) is 0 Å². The second-order valence-electron chi connectivity index (χ2n) is 4.03. The lowest BCUT2D eigenvalue weighted by molar-refractivity contribution is 0.0584. The van der Waals surface area contributed by atoms with Crippen molar-refractivity contribution >= 4 is 24.0 Å². The van der Waals surface area contributed by atoms with Gasteiger partial charge in [-0.05, 0) is 36.5 Å². The van der Waals surface area contributed by atoms with E-state index in [4.69, 9.17) is 22.1 Å². The van der Waals surface area contributed by atoms with Gasteiger partial charge in [0.2, 0.25) is 0 Å². The van der Waals surface area contributed by atoms with Gasteiger partial charge in [0.25, 0.3) is 0 Å². The Bertz CT molecular complexity index is 309. The predicted molar refractivity (Wildman–Crippen MR) is 69.2 cm³/mol. The fourth-order valence-corrected chi connectivity index (χ4v) is 2.16. The molecule has 1 saturated heterocycles. The zero-order chi connectivity index (χ0) is 10.7. The molecule has 4 heteroatoms. The lowest BCUT2D eigenvalue weighted by atomic mass is 9.88. The first-order valence-electron chi connectivity index (χ1n) is 5.36. The summed E-state index contributed by atoms with van der Waals surface area (Å²) in [5.41, 5.74) is 7.39. The van der Waals surface area contributed by atoms with Crippen molar-refractivity contribution in [1.29, 1.82) is 0 Å². The van der Waals surface area contributed by atoms with Crippen molar-refractivity contribution in [3.05, 3.63) is 34.9 Å². The summed E-state index contributed by atoms with van der Waals surface area (Å²) < 4.78 is 5.33. The summed E-state index contributed by atoms with van der Waals surface area (Å²) in [7, 11) is 0. The van der Waals surface area contributed by atoms with Crippen molar-refractivity contribution in [3.63, 3.8) is 0 Å². The van der Waals surface area contributed by atoms with E-state index in [1.165, 1.54) is 5.56 Å². The van der Waals surface area contributed by atoms with Crippen LogP contribution in [0.5, 0.6) is 0 Å². The Morgan fingerprint density at radius 3 is 2.31 bits per heavy atom. The molecular weight excluding hydrogens is 245 g/mol. The molecule has 0 bridgehead atoms. The molecule has 0 spiro atoms. The van der Waals surface area contributed by atoms with Gasteiger partial charge in [-0.2, -0.15) is 0 Å². The number of benzene rings is 1. The summed E-state index contributed by atoms with van der Waals surface area (Å²) in [4.78, 5) is 0. The van der Waals surface area contributed by atoms with Crippen LogP contribution in [0.15, 0.2) is 24.3 Å². The molecule has 1 aliphatic heterocycles. The van der Waals surface area contributed by atoms with Crippen LogP contribution in [0.4, 0.5) is 0 Å². The molecule has 16 heavy (non-hydrogen) atoms. The van der Waals surface area contributed by atoms with Crippen LogP contribution in [0, 0.1) is 5.92 Å². The third kappa shape index (κ3) is 3.36. The zero-order valence-electron chi connectivity index (χ0n) is 9.06. The minimum atomic E-state index is 0. The van der Waals surface area contributed by atoms with Crippen molar-refractivity contribution in [2.24, 2.45) is 11.7 Å². The number of rotatable bonds is 2. The van der Waals surface area contributed by atoms with Gasteiger partial charge in [0, 0.05) is 24.3 Å². The van der Waals surface area contributed by atoms with E-state index in [-0.39, 0.29) is 18.4 Å². The van der Waals surface area contributed by atoms with E-state index < -0.39 is 0 Å². The maximum Gasteiger partial charge on any atom is 0.0469 e. The molecule has 90 valence electrons. The van der Waals surface area contributed by atoms with Gasteiger partial charge in [-0.15, -0.1) is 12.4 Å². The van der Waals surface area contributed by atoms with E-state index in [9.17, 15) is 0 Å². The first kappa shape index (κ1) is 13.8. The van der Waals surface area contributed by atoms with Gasteiger partial charge < -0.3 is 10.5 Å². The highest BCUT2D eigenvalue weighted by molar-refractivity contribution is 6.30. The molecule has 1 aromatic rings. The maximum atomic E-state index is 6.22. The molecule has 0 saturated carbocycles. The van der Waals surface area contributed by atoms with Gasteiger partial charge in [-0.1, -0.05) is 23.7 Å². The highest BCUT2D eigenvalue weighted by atomic mass is 35.5. The molecular formula is C12H17Cl2NO. The van der Waals surface area contributed by atoms with Crippen LogP contribution in [0.1, 0.15) is 24.4 Å². The van der Waals surface area contributed by atoms with E-state index in [1.807, 2.05) is 24.3 Å². The average Bonchev–Trinajstić information content (AvgIpc) is 2.30. The van der Waals surface area contributed by atoms with E-state index >= 15 is 0 Å². The van der Waals surface area contributed by atoms with Crippen LogP contribution in [0.2, 0.25) is 5.02 Å². The minimum Gasteiger partial charge on any atom is -0.381 e. The van der Waals surface area contributed by atoms with Crippen molar-refractivity contribution in [2.45, 2.75) is 18.9 Å². The fraction of sp³-hybridized carbons (Fsp3) is 0.500. The summed E-state index contributed by atoms with van der Waals surface area (Å²) in [5, 5.41) is 0.762. The molecule has 0 unspecified atom stereocenters. The summed E-state index contributed by atoms with van der Waals surface area (Å²) in [6, 6.07) is 7.95. The number of nitrogens with two attached hydrogens (primary N) is 1. The van der Waals surface area contributed by atoms with Crippen LogP contribution < -0.4 is 5.73 Å². The molecule has 2 rings (SSSR count). The lowest BCUT2D eigenvalue weighted by Gasteiger charge is -2.27. The Morgan fingerprint density at radius 1 is 1.19 bits per heavy atom. The largest absolute Gasteiger partial charge is 0.381 e. The Hall–Kier alpha value is -0.280. The number of halogens is 2. The number of hydrogen-bond donors (Lipinski definition) is 1. The first-order valence-corrected chi connectivity index (χ1v) is 5.74. The predicted octanol–water partition coefficient (Wildman–Crippen LogP) is 3.19. The number of hydrogen-bond acceptors (Lipinski definition) is 2. The third-order valence-corrected chi connectivity index (χ3v) is 3.28. The third-order valence-electron chi connectivity index (χ3n) is 3.03. The van der Waals surface area contributed by atoms with Gasteiger partial charge in [-0.3, -0.25) is 0 Å². The quantitative estimate of drug-likeness (QED) is 0.888. The molecule has 0 radical (unpaired) electrons. The Labute approximate surface area is 108 Å². The fourth-order valence-electron chi connectivity index (χ4n) is 2.03. The van der Waals surface area contributed by atoms with Gasteiger partial charge in [0.15, 0.2) is 0 Å². The topological polar surface area (TPSA) is 35.2 Å². The average molecular weight is 262 g/mol. The second-order valence-corrected chi connectivity index (χ2v) is 4.46. The molecule has 0 aliphatic carbocycles. The first-order chi connectivity index (χ1) is 7.27. The van der Waals surface area contributed by atoms with Crippen molar-refractivity contribution in [2.75, 3.05) is 13.2 Å². The molecule has 1 aliphatic rings. The molecule has 1 atom stereocenters. The van der Waals surface area contributed by atoms with Crippen LogP contribution in [0.25, 0.3) is 0 Å². The monoisotopic (exact) mass is 261 g/mol. The molecule has 2 N–H and O–H groups in total. The maximum absolute atomic E-state index is 6.22. The molecule has 1 heterocycles. The van der Waals surface area contributed by atoms with Crippen molar-refractivity contribution < 1.29 is 4.74 Å². The standard InChI is InChI=1S/C12H16ClNO.ClH/c13-11-3-1-9(2-4-11)12(14)10-5-7-15-8-6-10;/h1-4,10,12H,5-8,14H2;1H/t12-;/m1./s1. The van der Waals surface area contributed by atoms with Gasteiger partial charge >= 0.3 is 0 Å². The van der Waals surface area contributed by atoms with Crippen LogP contribution in [0.3, 0.4) is 0 Å². The van der Waals surface area contributed by atoms with Crippen LogP contribution >= 0.6 is 24.0 Å². The van der Waals surface area contributed by atoms with E-state index in [0.29, 0.717) is 5.92 Å². The summed E-state index contributed by atoms with van der Waals surface area (Å²) in [6.45, 7) is 1.68. The molecule has 0 aromatic heterocycles. The summed E-state index contributed by atoms with van der Waals surface area (Å²) >= 11 is 5.84. The molecule has 1 aromatic carbocycles. The smallest absolute Gasteiger partial charge is 0.0469 e. The second kappa shape index (κ2) is 6.45. The van der Waals surface area contributed by atoms with E-state index in [0.717, 1.165) is 31.1 Å². The highest BCUT2D eigenvalue weighted by Gasteiger charge is 2.21. The summed E-state index contributed by atoms with van der Waals surface area (Å²) in [6.07, 6.45) is 2.12. The van der Waals surface area contributed by atoms with Gasteiger partial charge in [0.1, 0.15) is 0 Å². The number of ether oxygens (including phenoxy) is 1. The molecule has 0 amide bonds. The van der Waals surface area contributed by atoms with Crippen LogP contribution in [-0.2, 0) is 4.74 Å². The Kier molecular flexibility index (Phi) is 5.56. The molecule has 2 nitrogen and oxygen atoms in total. The van der Waals surface area contributed by atoms with E-state index in [2.05, 4.69) is 0 Å². The van der Waals surface area contributed by atoms with Crippen molar-refractivity contribution in [3.8, 4) is 0 Å². The summed E-state index contributed by atoms with van der Waals surface area (Å²) in [5.74, 6) is 0.542. The normalized spacial score (nSPS) is 18.9. The van der Waals surface area contributed by atoms with Crippen molar-refractivity contribution in [1.82, 2.24) is 0 Å². The molecule has 1 fully saturated rings. The Balaban J connectivity index is 0.00000128. The Morgan fingerprint density at radius 2 is 1.75 bits per heavy atom. The lowest BCUT2D eigenvalue weighted by Crippen LogP contribution is -2.27. The zero-order valence-corrected chi connectivity index (χ0v) is 10.6. The van der Waals surface area contributed by atoms with Crippen LogP contribution in [-0.4, -0.2) is 13.2 Å². The highest BCUT2D eigenvalue weighted by Crippen LogP contribution is 2.28. The minimum absolute atomic E-state index is 0. The SMILES string of the molecule is Cl.N[C@H](c1ccc(Cl)cc1)C1CCOCC1. The van der Waals surface area contributed by atoms with E-state index in [1.54, 1.807) is 0 Å².